The average Bonchev–Trinajstić information content (AvgIpc) is 2.64. The molecule has 0 unspecified atom stereocenters. The summed E-state index contributed by atoms with van der Waals surface area (Å²) in [5, 5.41) is 18.2. The highest BCUT2D eigenvalue weighted by molar-refractivity contribution is 5.89. The Balaban J connectivity index is 0.000000359. The molecule has 0 aliphatic rings. The van der Waals surface area contributed by atoms with Gasteiger partial charge in [0.05, 0.1) is 7.11 Å². The van der Waals surface area contributed by atoms with Crippen molar-refractivity contribution in [1.29, 1.82) is 0 Å². The van der Waals surface area contributed by atoms with Gasteiger partial charge in [0, 0.05) is 18.7 Å². The smallest absolute Gasteiger partial charge is 0.328 e. The number of ether oxygens (including phenoxy) is 1. The molecule has 2 N–H and O–H groups in total. The monoisotopic (exact) mass is 359 g/mol. The van der Waals surface area contributed by atoms with Crippen LogP contribution in [0.3, 0.4) is 0 Å². The first-order valence-corrected chi connectivity index (χ1v) is 8.25. The first-order valence-electron chi connectivity index (χ1n) is 8.25. The van der Waals surface area contributed by atoms with Crippen LogP contribution in [-0.2, 0) is 16.0 Å². The maximum absolute atomic E-state index is 9.55. The van der Waals surface area contributed by atoms with E-state index in [1.165, 1.54) is 16.3 Å². The molecule has 0 aliphatic heterocycles. The van der Waals surface area contributed by atoms with Gasteiger partial charge in [0.1, 0.15) is 5.75 Å². The van der Waals surface area contributed by atoms with Gasteiger partial charge in [0.25, 0.3) is 0 Å². The third-order valence-corrected chi connectivity index (χ3v) is 3.85. The van der Waals surface area contributed by atoms with E-state index in [1.807, 2.05) is 6.07 Å². The number of carboxylic acid groups (broad SMARTS) is 2. The first-order chi connectivity index (χ1) is 12.4. The van der Waals surface area contributed by atoms with Crippen molar-refractivity contribution in [3.63, 3.8) is 0 Å². The van der Waals surface area contributed by atoms with Gasteiger partial charge in [-0.2, -0.15) is 0 Å². The standard InChI is InChI=1S/C16H21NO.C4H4O4/c1-4-17(2)11-10-13-6-5-7-14-12-15(18-3)8-9-16(13)14;5-3(6)1-2-4(7)8/h5-9,12H,4,10-11H2,1-3H3;1-2H,(H,5,6)(H,7,8)/b;2-1+. The van der Waals surface area contributed by atoms with Gasteiger partial charge in [-0.05, 0) is 48.5 Å². The summed E-state index contributed by atoms with van der Waals surface area (Å²) >= 11 is 0. The van der Waals surface area contributed by atoms with Crippen molar-refractivity contribution in [3.8, 4) is 5.75 Å². The van der Waals surface area contributed by atoms with Gasteiger partial charge in [0.15, 0.2) is 0 Å². The summed E-state index contributed by atoms with van der Waals surface area (Å²) in [6.45, 7) is 4.38. The Morgan fingerprint density at radius 3 is 2.31 bits per heavy atom. The molecule has 140 valence electrons. The van der Waals surface area contributed by atoms with E-state index in [1.54, 1.807) is 7.11 Å². The highest BCUT2D eigenvalue weighted by Gasteiger charge is 2.03. The number of benzene rings is 2. The third kappa shape index (κ3) is 7.36. The summed E-state index contributed by atoms with van der Waals surface area (Å²) in [5.41, 5.74) is 1.41. The van der Waals surface area contributed by atoms with Crippen LogP contribution in [0.25, 0.3) is 10.8 Å². The van der Waals surface area contributed by atoms with Gasteiger partial charge in [0.2, 0.25) is 0 Å². The molecule has 0 aliphatic carbocycles. The number of likely N-dealkylation sites (N-methyl/N-ethyl adjacent to an activating group) is 1. The summed E-state index contributed by atoms with van der Waals surface area (Å²) in [6.07, 6.45) is 2.21. The zero-order valence-electron chi connectivity index (χ0n) is 15.3. The minimum Gasteiger partial charge on any atom is -0.497 e. The van der Waals surface area contributed by atoms with Crippen molar-refractivity contribution in [2.24, 2.45) is 0 Å². The Morgan fingerprint density at radius 1 is 1.12 bits per heavy atom. The van der Waals surface area contributed by atoms with Crippen LogP contribution in [0.2, 0.25) is 0 Å². The molecule has 6 nitrogen and oxygen atoms in total. The molecule has 0 amide bonds. The summed E-state index contributed by atoms with van der Waals surface area (Å²) < 4.78 is 5.27. The van der Waals surface area contributed by atoms with E-state index in [4.69, 9.17) is 14.9 Å². The normalized spacial score (nSPS) is 10.6. The van der Waals surface area contributed by atoms with Crippen molar-refractivity contribution in [1.82, 2.24) is 4.90 Å². The summed E-state index contributed by atoms with van der Waals surface area (Å²) in [6, 6.07) is 12.8. The van der Waals surface area contributed by atoms with E-state index >= 15 is 0 Å². The lowest BCUT2D eigenvalue weighted by Gasteiger charge is -2.14. The second-order valence-corrected chi connectivity index (χ2v) is 5.66. The van der Waals surface area contributed by atoms with Crippen molar-refractivity contribution >= 4 is 22.7 Å². The van der Waals surface area contributed by atoms with E-state index in [-0.39, 0.29) is 0 Å². The van der Waals surface area contributed by atoms with Crippen molar-refractivity contribution in [2.75, 3.05) is 27.2 Å². The van der Waals surface area contributed by atoms with E-state index < -0.39 is 11.9 Å². The molecule has 26 heavy (non-hydrogen) atoms. The predicted molar refractivity (Wildman–Crippen MR) is 102 cm³/mol. The van der Waals surface area contributed by atoms with Gasteiger partial charge in [-0.1, -0.05) is 31.2 Å². The van der Waals surface area contributed by atoms with Crippen LogP contribution in [0, 0.1) is 0 Å². The summed E-state index contributed by atoms with van der Waals surface area (Å²) in [7, 11) is 3.87. The Labute approximate surface area is 153 Å². The number of hydrogen-bond acceptors (Lipinski definition) is 4. The number of hydrogen-bond donors (Lipinski definition) is 2. The van der Waals surface area contributed by atoms with Crippen LogP contribution in [0.4, 0.5) is 0 Å². The topological polar surface area (TPSA) is 87.1 Å². The Bertz CT molecular complexity index is 754. The predicted octanol–water partition coefficient (Wildman–Crippen LogP) is 3.05. The van der Waals surface area contributed by atoms with Crippen LogP contribution in [0.5, 0.6) is 5.75 Å². The molecule has 0 bridgehead atoms. The molecule has 6 heteroatoms. The molecule has 0 spiro atoms. The van der Waals surface area contributed by atoms with Gasteiger partial charge in [-0.3, -0.25) is 0 Å². The van der Waals surface area contributed by atoms with E-state index in [0.717, 1.165) is 25.3 Å². The molecule has 2 aromatic rings. The van der Waals surface area contributed by atoms with Crippen LogP contribution in [-0.4, -0.2) is 54.3 Å². The van der Waals surface area contributed by atoms with Crippen LogP contribution >= 0.6 is 0 Å². The lowest BCUT2D eigenvalue weighted by Crippen LogP contribution is -2.20. The minimum absolute atomic E-state index is 0.558. The maximum Gasteiger partial charge on any atom is 0.328 e. The van der Waals surface area contributed by atoms with E-state index in [9.17, 15) is 9.59 Å². The van der Waals surface area contributed by atoms with Gasteiger partial charge in [-0.15, -0.1) is 0 Å². The molecule has 0 saturated heterocycles. The highest BCUT2D eigenvalue weighted by atomic mass is 16.5. The van der Waals surface area contributed by atoms with Crippen molar-refractivity contribution in [3.05, 3.63) is 54.1 Å². The quantitative estimate of drug-likeness (QED) is 0.739. The zero-order valence-corrected chi connectivity index (χ0v) is 15.3. The fourth-order valence-electron chi connectivity index (χ4n) is 2.29. The third-order valence-electron chi connectivity index (χ3n) is 3.85. The number of fused-ring (bicyclic) bond motifs is 1. The fourth-order valence-corrected chi connectivity index (χ4v) is 2.29. The maximum atomic E-state index is 9.55. The molecule has 0 saturated carbocycles. The largest absolute Gasteiger partial charge is 0.497 e. The first kappa shape index (κ1) is 21.2. The van der Waals surface area contributed by atoms with Gasteiger partial charge < -0.3 is 19.8 Å². The average molecular weight is 359 g/mol. The fraction of sp³-hybridized carbons (Fsp3) is 0.300. The van der Waals surface area contributed by atoms with Crippen LogP contribution in [0.1, 0.15) is 12.5 Å². The minimum atomic E-state index is -1.26. The molecule has 2 rings (SSSR count). The lowest BCUT2D eigenvalue weighted by molar-refractivity contribution is -0.134. The molecule has 0 radical (unpaired) electrons. The van der Waals surface area contributed by atoms with Gasteiger partial charge in [-0.25, -0.2) is 9.59 Å². The Hall–Kier alpha value is -2.86. The van der Waals surface area contributed by atoms with E-state index in [2.05, 4.69) is 49.2 Å². The Kier molecular flexibility index (Phi) is 8.87. The number of aliphatic carboxylic acids is 2. The van der Waals surface area contributed by atoms with Crippen LogP contribution in [0.15, 0.2) is 48.6 Å². The molecule has 0 atom stereocenters. The van der Waals surface area contributed by atoms with Crippen LogP contribution < -0.4 is 4.74 Å². The molecule has 2 aromatic carbocycles. The number of nitrogens with zero attached hydrogens (tertiary/aromatic N) is 1. The summed E-state index contributed by atoms with van der Waals surface area (Å²) in [4.78, 5) is 21.4. The highest BCUT2D eigenvalue weighted by Crippen LogP contribution is 2.24. The van der Waals surface area contributed by atoms with E-state index in [0.29, 0.717) is 12.2 Å². The number of carboxylic acids is 2. The Morgan fingerprint density at radius 2 is 1.77 bits per heavy atom. The molecule has 0 fully saturated rings. The lowest BCUT2D eigenvalue weighted by atomic mass is 10.0. The molecular formula is C20H25NO5. The number of methoxy groups -OCH3 is 1. The summed E-state index contributed by atoms with van der Waals surface area (Å²) in [5.74, 6) is -1.59. The van der Waals surface area contributed by atoms with Gasteiger partial charge >= 0.3 is 11.9 Å². The molecule has 0 aromatic heterocycles. The second-order valence-electron chi connectivity index (χ2n) is 5.66. The molecule has 0 heterocycles. The van der Waals surface area contributed by atoms with Crippen molar-refractivity contribution < 1.29 is 24.5 Å². The SMILES string of the molecule is CCN(C)CCc1cccc2cc(OC)ccc12.O=C(O)/C=C/C(=O)O. The zero-order chi connectivity index (χ0) is 19.5. The second kappa shape index (κ2) is 10.9. The number of carbonyl (C=O) groups is 2. The van der Waals surface area contributed by atoms with Crippen molar-refractivity contribution in [2.45, 2.75) is 13.3 Å². The number of rotatable bonds is 7. The molecular weight excluding hydrogens is 334 g/mol.